The predicted molar refractivity (Wildman–Crippen MR) is 88.2 cm³/mol. The molecule has 0 unspecified atom stereocenters. The number of aliphatic carboxylic acids is 1. The summed E-state index contributed by atoms with van der Waals surface area (Å²) in [6.45, 7) is 2.28. The van der Waals surface area contributed by atoms with Crippen molar-refractivity contribution >= 4 is 26.0 Å². The topological polar surface area (TPSA) is 130 Å². The van der Waals surface area contributed by atoms with Crippen molar-refractivity contribution in [1.82, 2.24) is 9.03 Å². The van der Waals surface area contributed by atoms with E-state index in [0.29, 0.717) is 5.56 Å². The van der Waals surface area contributed by atoms with Crippen LogP contribution in [0.15, 0.2) is 28.0 Å². The first-order valence-electron chi connectivity index (χ1n) is 7.54. The Balaban J connectivity index is 2.32. The lowest BCUT2D eigenvalue weighted by atomic mass is 10.2. The minimum Gasteiger partial charge on any atom is -0.481 e. The van der Waals surface area contributed by atoms with Gasteiger partial charge in [-0.25, -0.2) is 21.6 Å². The fourth-order valence-corrected chi connectivity index (χ4v) is 5.12. The molecule has 2 N–H and O–H groups in total. The Labute approximate surface area is 146 Å². The van der Waals surface area contributed by atoms with Crippen molar-refractivity contribution < 1.29 is 31.5 Å². The van der Waals surface area contributed by atoms with Gasteiger partial charge in [-0.15, -0.1) is 0 Å². The highest BCUT2D eigenvalue weighted by Crippen LogP contribution is 2.24. The zero-order valence-electron chi connectivity index (χ0n) is 13.6. The molecular weight excluding hydrogens is 372 g/mol. The van der Waals surface area contributed by atoms with Gasteiger partial charge >= 0.3 is 5.97 Å². The number of nitrogens with zero attached hydrogens (tertiary/aromatic N) is 1. The minimum atomic E-state index is -4.01. The number of aryl methyl sites for hydroxylation is 1. The maximum Gasteiger partial charge on any atom is 0.304 e. The summed E-state index contributed by atoms with van der Waals surface area (Å²) in [5.41, 5.74) is 0.427. The van der Waals surface area contributed by atoms with E-state index in [9.17, 15) is 21.6 Å². The van der Waals surface area contributed by atoms with Gasteiger partial charge in [0, 0.05) is 19.6 Å². The van der Waals surface area contributed by atoms with Gasteiger partial charge in [0.25, 0.3) is 0 Å². The largest absolute Gasteiger partial charge is 0.481 e. The summed E-state index contributed by atoms with van der Waals surface area (Å²) < 4.78 is 58.6. The van der Waals surface area contributed by atoms with Crippen molar-refractivity contribution in [2.45, 2.75) is 23.1 Å². The normalized spacial score (nSPS) is 16.7. The van der Waals surface area contributed by atoms with Gasteiger partial charge in [0.2, 0.25) is 20.0 Å². The second-order valence-electron chi connectivity index (χ2n) is 5.49. The van der Waals surface area contributed by atoms with E-state index in [4.69, 9.17) is 9.84 Å². The Morgan fingerprint density at radius 3 is 2.48 bits per heavy atom. The van der Waals surface area contributed by atoms with Crippen molar-refractivity contribution in [3.05, 3.63) is 23.8 Å². The average molecular weight is 392 g/mol. The summed E-state index contributed by atoms with van der Waals surface area (Å²) in [6, 6.07) is 3.80. The molecule has 25 heavy (non-hydrogen) atoms. The lowest BCUT2D eigenvalue weighted by Gasteiger charge is -2.26. The number of rotatable bonds is 7. The fraction of sp³-hybridized carbons (Fsp3) is 0.500. The first-order valence-corrected chi connectivity index (χ1v) is 10.5. The Hall–Kier alpha value is -1.53. The molecule has 1 aromatic rings. The lowest BCUT2D eigenvalue weighted by molar-refractivity contribution is -0.136. The van der Waals surface area contributed by atoms with Crippen molar-refractivity contribution in [3.63, 3.8) is 0 Å². The quantitative estimate of drug-likeness (QED) is 0.655. The highest BCUT2D eigenvalue weighted by Gasteiger charge is 2.29. The second kappa shape index (κ2) is 7.79. The van der Waals surface area contributed by atoms with Gasteiger partial charge in [-0.2, -0.15) is 4.31 Å². The molecule has 1 heterocycles. The number of sulfonamides is 2. The van der Waals surface area contributed by atoms with Crippen LogP contribution in [0.4, 0.5) is 0 Å². The molecule has 1 saturated heterocycles. The summed E-state index contributed by atoms with van der Waals surface area (Å²) in [6.07, 6.45) is -0.371. The van der Waals surface area contributed by atoms with Crippen LogP contribution in [0.5, 0.6) is 0 Å². The molecule has 0 bridgehead atoms. The van der Waals surface area contributed by atoms with Crippen LogP contribution in [-0.2, 0) is 29.6 Å². The zero-order valence-corrected chi connectivity index (χ0v) is 15.3. The van der Waals surface area contributed by atoms with E-state index >= 15 is 0 Å². The third kappa shape index (κ3) is 4.76. The number of nitrogens with one attached hydrogen (secondary N) is 1. The molecule has 11 heteroatoms. The molecule has 0 aliphatic carbocycles. The average Bonchev–Trinajstić information content (AvgIpc) is 2.55. The van der Waals surface area contributed by atoms with Gasteiger partial charge < -0.3 is 9.84 Å². The van der Waals surface area contributed by atoms with Crippen LogP contribution in [0.1, 0.15) is 12.0 Å². The molecule has 2 rings (SSSR count). The van der Waals surface area contributed by atoms with E-state index < -0.39 is 26.0 Å². The summed E-state index contributed by atoms with van der Waals surface area (Å²) in [4.78, 5) is 10.2. The van der Waals surface area contributed by atoms with Crippen molar-refractivity contribution in [2.24, 2.45) is 0 Å². The van der Waals surface area contributed by atoms with Crippen LogP contribution in [-0.4, -0.2) is 65.1 Å². The molecule has 1 fully saturated rings. The zero-order chi connectivity index (χ0) is 18.7. The van der Waals surface area contributed by atoms with E-state index in [1.165, 1.54) is 16.4 Å². The highest BCUT2D eigenvalue weighted by atomic mass is 32.2. The lowest BCUT2D eigenvalue weighted by Crippen LogP contribution is -2.40. The maximum atomic E-state index is 12.8. The number of hydrogen-bond acceptors (Lipinski definition) is 6. The van der Waals surface area contributed by atoms with Gasteiger partial charge in [-0.3, -0.25) is 4.79 Å². The smallest absolute Gasteiger partial charge is 0.304 e. The van der Waals surface area contributed by atoms with Crippen LogP contribution < -0.4 is 4.72 Å². The van der Waals surface area contributed by atoms with Crippen LogP contribution in [0.3, 0.4) is 0 Å². The molecule has 140 valence electrons. The van der Waals surface area contributed by atoms with E-state index in [1.54, 1.807) is 6.92 Å². The summed E-state index contributed by atoms with van der Waals surface area (Å²) in [5.74, 6) is -1.14. The van der Waals surface area contributed by atoms with E-state index in [2.05, 4.69) is 4.72 Å². The van der Waals surface area contributed by atoms with Gasteiger partial charge in [-0.05, 0) is 24.6 Å². The monoisotopic (exact) mass is 392 g/mol. The number of carboxylic acid groups (broad SMARTS) is 1. The first kappa shape index (κ1) is 19.8. The van der Waals surface area contributed by atoms with Crippen LogP contribution >= 0.6 is 0 Å². The summed E-state index contributed by atoms with van der Waals surface area (Å²) in [5, 5.41) is 8.58. The minimum absolute atomic E-state index is 0.0875. The van der Waals surface area contributed by atoms with Gasteiger partial charge in [0.05, 0.1) is 29.4 Å². The fourth-order valence-electron chi connectivity index (χ4n) is 2.33. The highest BCUT2D eigenvalue weighted by molar-refractivity contribution is 7.90. The number of benzene rings is 1. The van der Waals surface area contributed by atoms with Crippen LogP contribution in [0, 0.1) is 6.92 Å². The van der Waals surface area contributed by atoms with Crippen LogP contribution in [0.25, 0.3) is 0 Å². The number of morpholine rings is 1. The van der Waals surface area contributed by atoms with Gasteiger partial charge in [0.1, 0.15) is 0 Å². The molecule has 9 nitrogen and oxygen atoms in total. The maximum absolute atomic E-state index is 12.8. The molecule has 0 atom stereocenters. The molecule has 0 amide bonds. The Kier molecular flexibility index (Phi) is 6.16. The molecular formula is C14H20N2O7S2. The molecule has 1 aliphatic rings. The number of hydrogen-bond donors (Lipinski definition) is 2. The van der Waals surface area contributed by atoms with Crippen molar-refractivity contribution in [3.8, 4) is 0 Å². The first-order chi connectivity index (χ1) is 11.6. The van der Waals surface area contributed by atoms with E-state index in [1.807, 2.05) is 0 Å². The Morgan fingerprint density at radius 1 is 1.24 bits per heavy atom. The predicted octanol–water partition coefficient (Wildman–Crippen LogP) is -0.231. The molecule has 0 spiro atoms. The van der Waals surface area contributed by atoms with Gasteiger partial charge in [0.15, 0.2) is 0 Å². The third-order valence-electron chi connectivity index (χ3n) is 3.69. The Morgan fingerprint density at radius 2 is 1.88 bits per heavy atom. The van der Waals surface area contributed by atoms with Crippen molar-refractivity contribution in [1.29, 1.82) is 0 Å². The Bertz CT molecular complexity index is 844. The van der Waals surface area contributed by atoms with Crippen LogP contribution in [0.2, 0.25) is 0 Å². The molecule has 1 aromatic carbocycles. The third-order valence-corrected chi connectivity index (χ3v) is 7.19. The molecule has 1 aliphatic heterocycles. The van der Waals surface area contributed by atoms with Gasteiger partial charge in [-0.1, -0.05) is 6.07 Å². The summed E-state index contributed by atoms with van der Waals surface area (Å²) >= 11 is 0. The molecule has 0 saturated carbocycles. The van der Waals surface area contributed by atoms with E-state index in [-0.39, 0.29) is 49.1 Å². The number of ether oxygens (including phenoxy) is 1. The van der Waals surface area contributed by atoms with E-state index in [0.717, 1.165) is 6.07 Å². The standard InChI is InChI=1S/C14H20N2O7S2/c1-11-2-3-12(24(19,20)15-5-4-14(17)18)10-13(11)25(21,22)16-6-8-23-9-7-16/h2-3,10,15H,4-9H2,1H3,(H,17,18). The molecule has 0 aromatic heterocycles. The summed E-state index contributed by atoms with van der Waals surface area (Å²) in [7, 11) is -7.85. The second-order valence-corrected chi connectivity index (χ2v) is 9.16. The van der Waals surface area contributed by atoms with Crippen molar-refractivity contribution in [2.75, 3.05) is 32.8 Å². The SMILES string of the molecule is Cc1ccc(S(=O)(=O)NCCC(=O)O)cc1S(=O)(=O)N1CCOCC1. The number of carbonyl (C=O) groups is 1. The number of carboxylic acids is 1. The molecule has 0 radical (unpaired) electrons.